The average Bonchev–Trinajstić information content (AvgIpc) is 2.89. The molecule has 1 aliphatic rings. The van der Waals surface area contributed by atoms with E-state index in [4.69, 9.17) is 21.7 Å². The number of nitrogens with zero attached hydrogens (tertiary/aromatic N) is 1. The highest BCUT2D eigenvalue weighted by Crippen LogP contribution is 2.34. The topological polar surface area (TPSA) is 79.9 Å². The number of nitrogens with one attached hydrogen (secondary N) is 2. The van der Waals surface area contributed by atoms with Crippen LogP contribution in [0.5, 0.6) is 11.5 Å². The first-order valence-corrected chi connectivity index (χ1v) is 10.2. The Morgan fingerprint density at radius 3 is 2.71 bits per heavy atom. The number of carbonyl (C=O) groups excluding carboxylic acids is 2. The van der Waals surface area contributed by atoms with Crippen molar-refractivity contribution >= 4 is 46.3 Å². The minimum atomic E-state index is -0.313. The Hall–Kier alpha value is -2.26. The monoisotopic (exact) mass is 423 g/mol. The highest BCUT2D eigenvalue weighted by atomic mass is 32.2. The number of rotatable bonds is 8. The minimum absolute atomic E-state index is 0.214. The van der Waals surface area contributed by atoms with Crippen LogP contribution in [0.4, 0.5) is 4.79 Å². The summed E-state index contributed by atoms with van der Waals surface area (Å²) in [4.78, 5) is 26.4. The summed E-state index contributed by atoms with van der Waals surface area (Å²) in [5.41, 5.74) is 0.756. The molecule has 152 valence electrons. The van der Waals surface area contributed by atoms with Gasteiger partial charge >= 0.3 is 0 Å². The van der Waals surface area contributed by atoms with Crippen molar-refractivity contribution in [1.82, 2.24) is 15.5 Å². The lowest BCUT2D eigenvalue weighted by Gasteiger charge is -2.16. The van der Waals surface area contributed by atoms with Crippen molar-refractivity contribution in [3.05, 3.63) is 28.7 Å². The van der Waals surface area contributed by atoms with Crippen LogP contribution in [-0.2, 0) is 4.79 Å². The molecule has 0 unspecified atom stereocenters. The van der Waals surface area contributed by atoms with E-state index in [1.807, 2.05) is 26.8 Å². The second kappa shape index (κ2) is 10.3. The Bertz CT molecular complexity index is 780. The van der Waals surface area contributed by atoms with Crippen LogP contribution in [-0.4, -0.2) is 54.0 Å². The minimum Gasteiger partial charge on any atom is -0.493 e. The molecule has 0 saturated carbocycles. The predicted octanol–water partition coefficient (Wildman–Crippen LogP) is 3.00. The molecule has 2 N–H and O–H groups in total. The van der Waals surface area contributed by atoms with Gasteiger partial charge in [-0.1, -0.05) is 6.07 Å². The van der Waals surface area contributed by atoms with E-state index in [1.54, 1.807) is 25.3 Å². The van der Waals surface area contributed by atoms with Gasteiger partial charge in [0, 0.05) is 19.1 Å². The van der Waals surface area contributed by atoms with Gasteiger partial charge in [0.1, 0.15) is 0 Å². The zero-order valence-corrected chi connectivity index (χ0v) is 18.0. The third-order valence-corrected chi connectivity index (χ3v) is 4.87. The molecule has 1 fully saturated rings. The number of thiocarbonyl (C=S) groups is 1. The van der Waals surface area contributed by atoms with Crippen molar-refractivity contribution in [1.29, 1.82) is 0 Å². The van der Waals surface area contributed by atoms with Gasteiger partial charge in [-0.2, -0.15) is 0 Å². The van der Waals surface area contributed by atoms with Gasteiger partial charge in [0.2, 0.25) is 0 Å². The van der Waals surface area contributed by atoms with Gasteiger partial charge in [-0.05, 0) is 68.5 Å². The van der Waals surface area contributed by atoms with E-state index in [-0.39, 0.29) is 23.7 Å². The van der Waals surface area contributed by atoms with Crippen LogP contribution in [0, 0.1) is 0 Å². The van der Waals surface area contributed by atoms with Gasteiger partial charge in [-0.25, -0.2) is 0 Å². The quantitative estimate of drug-likeness (QED) is 0.488. The number of ether oxygens (including phenoxy) is 2. The Kier molecular flexibility index (Phi) is 8.13. The van der Waals surface area contributed by atoms with Crippen LogP contribution >= 0.6 is 24.0 Å². The first-order chi connectivity index (χ1) is 13.3. The van der Waals surface area contributed by atoms with Gasteiger partial charge in [-0.15, -0.1) is 0 Å². The lowest BCUT2D eigenvalue weighted by Crippen LogP contribution is -2.43. The maximum absolute atomic E-state index is 12.6. The molecule has 0 spiro atoms. The van der Waals surface area contributed by atoms with Gasteiger partial charge in [0.15, 0.2) is 16.6 Å². The zero-order valence-electron chi connectivity index (χ0n) is 16.4. The van der Waals surface area contributed by atoms with Crippen LogP contribution in [0.3, 0.4) is 0 Å². The maximum atomic E-state index is 12.6. The van der Waals surface area contributed by atoms with Crippen LogP contribution in [0.1, 0.15) is 26.3 Å². The summed E-state index contributed by atoms with van der Waals surface area (Å²) in [7, 11) is 1.56. The SMILES string of the molecule is CCOc1ccc(/C=C2\SC(=O)N(CCNC(=S)NC(C)C)C2=O)cc1OC. The van der Waals surface area contributed by atoms with Crippen LogP contribution in [0.2, 0.25) is 0 Å². The van der Waals surface area contributed by atoms with Crippen molar-refractivity contribution in [2.45, 2.75) is 26.8 Å². The number of imide groups is 1. The van der Waals surface area contributed by atoms with Crippen LogP contribution in [0.15, 0.2) is 23.1 Å². The van der Waals surface area contributed by atoms with Crippen LogP contribution < -0.4 is 20.1 Å². The fourth-order valence-electron chi connectivity index (χ4n) is 2.49. The van der Waals surface area contributed by atoms with Crippen molar-refractivity contribution < 1.29 is 19.1 Å². The number of carbonyl (C=O) groups is 2. The Morgan fingerprint density at radius 2 is 2.07 bits per heavy atom. The fraction of sp³-hybridized carbons (Fsp3) is 0.421. The van der Waals surface area contributed by atoms with E-state index in [2.05, 4.69) is 10.6 Å². The van der Waals surface area contributed by atoms with E-state index < -0.39 is 0 Å². The number of thioether (sulfide) groups is 1. The molecular weight excluding hydrogens is 398 g/mol. The van der Waals surface area contributed by atoms with Gasteiger partial charge in [-0.3, -0.25) is 14.5 Å². The molecule has 7 nitrogen and oxygen atoms in total. The second-order valence-corrected chi connectivity index (χ2v) is 7.63. The lowest BCUT2D eigenvalue weighted by atomic mass is 10.2. The largest absolute Gasteiger partial charge is 0.493 e. The Labute approximate surface area is 174 Å². The number of hydrogen-bond donors (Lipinski definition) is 2. The summed E-state index contributed by atoms with van der Waals surface area (Å²) in [6, 6.07) is 5.59. The smallest absolute Gasteiger partial charge is 0.293 e. The van der Waals surface area contributed by atoms with E-state index in [9.17, 15) is 9.59 Å². The molecule has 1 aliphatic heterocycles. The zero-order chi connectivity index (χ0) is 20.7. The second-order valence-electron chi connectivity index (χ2n) is 6.23. The summed E-state index contributed by atoms with van der Waals surface area (Å²) in [5.74, 6) is 0.893. The summed E-state index contributed by atoms with van der Waals surface area (Å²) < 4.78 is 10.8. The summed E-state index contributed by atoms with van der Waals surface area (Å²) in [6.07, 6.45) is 1.68. The van der Waals surface area contributed by atoms with Crippen molar-refractivity contribution in [2.75, 3.05) is 26.8 Å². The van der Waals surface area contributed by atoms with Gasteiger partial charge in [0.05, 0.1) is 18.6 Å². The molecule has 0 bridgehead atoms. The lowest BCUT2D eigenvalue weighted by molar-refractivity contribution is -0.122. The van der Waals surface area contributed by atoms with Crippen molar-refractivity contribution in [2.24, 2.45) is 0 Å². The number of amides is 2. The Balaban J connectivity index is 2.03. The molecular formula is C19H25N3O4S2. The molecule has 2 rings (SSSR count). The Morgan fingerprint density at radius 1 is 1.32 bits per heavy atom. The summed E-state index contributed by atoms with van der Waals surface area (Å²) in [6.45, 7) is 7.01. The maximum Gasteiger partial charge on any atom is 0.293 e. The highest BCUT2D eigenvalue weighted by molar-refractivity contribution is 8.18. The number of hydrogen-bond acceptors (Lipinski definition) is 6. The van der Waals surface area contributed by atoms with E-state index in [0.717, 1.165) is 17.3 Å². The van der Waals surface area contributed by atoms with Gasteiger partial charge in [0.25, 0.3) is 11.1 Å². The van der Waals surface area contributed by atoms with E-state index >= 15 is 0 Å². The molecule has 0 atom stereocenters. The van der Waals surface area contributed by atoms with Crippen molar-refractivity contribution in [3.63, 3.8) is 0 Å². The normalized spacial score (nSPS) is 15.3. The number of methoxy groups -OCH3 is 1. The first kappa shape index (κ1) is 22.0. The molecule has 2 amide bonds. The molecule has 0 radical (unpaired) electrons. The highest BCUT2D eigenvalue weighted by Gasteiger charge is 2.34. The first-order valence-electron chi connectivity index (χ1n) is 8.96. The molecule has 9 heteroatoms. The summed E-state index contributed by atoms with van der Waals surface area (Å²) in [5, 5.41) is 6.25. The van der Waals surface area contributed by atoms with E-state index in [0.29, 0.717) is 34.7 Å². The summed E-state index contributed by atoms with van der Waals surface area (Å²) >= 11 is 6.07. The standard InChI is InChI=1S/C19H25N3O4S2/c1-5-26-14-7-6-13(10-15(14)25-4)11-16-17(23)22(19(24)28-16)9-8-20-18(27)21-12(2)3/h6-7,10-12H,5,8-9H2,1-4H3,(H2,20,21,27)/b16-11-. The predicted molar refractivity (Wildman–Crippen MR) is 116 cm³/mol. The molecule has 0 aromatic heterocycles. The fourth-order valence-corrected chi connectivity index (χ4v) is 3.69. The molecule has 1 aromatic carbocycles. The van der Waals surface area contributed by atoms with E-state index in [1.165, 1.54) is 4.90 Å². The number of benzene rings is 1. The average molecular weight is 424 g/mol. The molecule has 1 heterocycles. The molecule has 28 heavy (non-hydrogen) atoms. The molecule has 1 saturated heterocycles. The third kappa shape index (κ3) is 5.87. The molecule has 1 aromatic rings. The molecule has 0 aliphatic carbocycles. The van der Waals surface area contributed by atoms with Gasteiger partial charge < -0.3 is 20.1 Å². The third-order valence-electron chi connectivity index (χ3n) is 3.70. The van der Waals surface area contributed by atoms with Crippen molar-refractivity contribution in [3.8, 4) is 11.5 Å². The van der Waals surface area contributed by atoms with Crippen LogP contribution in [0.25, 0.3) is 6.08 Å².